The van der Waals surface area contributed by atoms with Gasteiger partial charge >= 0.3 is 10.2 Å². The Morgan fingerprint density at radius 1 is 1.41 bits per heavy atom. The quantitative estimate of drug-likeness (QED) is 0.717. The van der Waals surface area contributed by atoms with Crippen LogP contribution in [0, 0.1) is 0 Å². The molecule has 1 atom stereocenters. The molecular formula is C15H20FNO4S. The van der Waals surface area contributed by atoms with Gasteiger partial charge in [-0.25, -0.2) is 0 Å². The Balaban J connectivity index is 1.92. The molecule has 1 amide bonds. The summed E-state index contributed by atoms with van der Waals surface area (Å²) in [6.07, 6.45) is 1.23. The molecule has 0 aliphatic carbocycles. The second kappa shape index (κ2) is 7.09. The lowest BCUT2D eigenvalue weighted by Crippen LogP contribution is -2.29. The third-order valence-corrected chi connectivity index (χ3v) is 4.73. The van der Waals surface area contributed by atoms with Crippen LogP contribution in [0.1, 0.15) is 25.3 Å². The monoisotopic (exact) mass is 329 g/mol. The van der Waals surface area contributed by atoms with Gasteiger partial charge in [-0.05, 0) is 30.5 Å². The van der Waals surface area contributed by atoms with Gasteiger partial charge in [0, 0.05) is 19.5 Å². The third kappa shape index (κ3) is 4.43. The summed E-state index contributed by atoms with van der Waals surface area (Å²) in [4.78, 5) is 13.1. The van der Waals surface area contributed by atoms with Crippen LogP contribution in [0.2, 0.25) is 0 Å². The SMILES string of the molecule is CCCOc1cccc(CCN2CC(S(=O)(=O)F)CC2=O)c1. The van der Waals surface area contributed by atoms with Gasteiger partial charge in [-0.15, -0.1) is 3.89 Å². The number of likely N-dealkylation sites (tertiary alicyclic amines) is 1. The highest BCUT2D eigenvalue weighted by molar-refractivity contribution is 7.87. The van der Waals surface area contributed by atoms with Gasteiger partial charge in [0.25, 0.3) is 0 Å². The molecule has 0 spiro atoms. The molecular weight excluding hydrogens is 309 g/mol. The van der Waals surface area contributed by atoms with E-state index in [0.29, 0.717) is 19.6 Å². The van der Waals surface area contributed by atoms with Gasteiger partial charge < -0.3 is 9.64 Å². The smallest absolute Gasteiger partial charge is 0.307 e. The summed E-state index contributed by atoms with van der Waals surface area (Å²) in [5.74, 6) is 0.459. The Bertz CT molecular complexity index is 632. The van der Waals surface area contributed by atoms with Crippen LogP contribution in [0.4, 0.5) is 3.89 Å². The van der Waals surface area contributed by atoms with Gasteiger partial charge in [0.2, 0.25) is 5.91 Å². The number of benzene rings is 1. The van der Waals surface area contributed by atoms with Crippen molar-refractivity contribution in [1.82, 2.24) is 4.90 Å². The zero-order valence-electron chi connectivity index (χ0n) is 12.5. The van der Waals surface area contributed by atoms with E-state index in [9.17, 15) is 17.1 Å². The molecule has 0 N–H and O–H groups in total. The van der Waals surface area contributed by atoms with Crippen molar-refractivity contribution in [2.24, 2.45) is 0 Å². The number of carbonyl (C=O) groups is 1. The van der Waals surface area contributed by atoms with Crippen LogP contribution in [0.5, 0.6) is 5.75 Å². The van der Waals surface area contributed by atoms with E-state index in [1.165, 1.54) is 4.90 Å². The van der Waals surface area contributed by atoms with Gasteiger partial charge in [0.1, 0.15) is 11.0 Å². The van der Waals surface area contributed by atoms with Crippen molar-refractivity contribution in [2.75, 3.05) is 19.7 Å². The minimum absolute atomic E-state index is 0.0658. The molecule has 1 aromatic rings. The van der Waals surface area contributed by atoms with E-state index < -0.39 is 15.5 Å². The molecule has 1 fully saturated rings. The van der Waals surface area contributed by atoms with Crippen molar-refractivity contribution in [3.63, 3.8) is 0 Å². The second-order valence-electron chi connectivity index (χ2n) is 5.39. The Morgan fingerprint density at radius 2 is 2.18 bits per heavy atom. The molecule has 5 nitrogen and oxygen atoms in total. The number of nitrogens with zero attached hydrogens (tertiary/aromatic N) is 1. The van der Waals surface area contributed by atoms with Crippen LogP contribution in [-0.4, -0.2) is 44.2 Å². The Morgan fingerprint density at radius 3 is 2.82 bits per heavy atom. The lowest BCUT2D eigenvalue weighted by molar-refractivity contribution is -0.127. The number of hydrogen-bond donors (Lipinski definition) is 0. The first-order valence-corrected chi connectivity index (χ1v) is 8.78. The Kier molecular flexibility index (Phi) is 5.39. The van der Waals surface area contributed by atoms with E-state index in [0.717, 1.165) is 17.7 Å². The maximum absolute atomic E-state index is 13.0. The highest BCUT2D eigenvalue weighted by Gasteiger charge is 2.37. The summed E-state index contributed by atoms with van der Waals surface area (Å²) < 4.78 is 40.3. The topological polar surface area (TPSA) is 63.7 Å². The predicted molar refractivity (Wildman–Crippen MR) is 80.9 cm³/mol. The molecule has 0 radical (unpaired) electrons. The molecule has 122 valence electrons. The maximum atomic E-state index is 13.0. The Labute approximate surface area is 130 Å². The van der Waals surface area contributed by atoms with Crippen LogP contribution in [-0.2, 0) is 21.4 Å². The van der Waals surface area contributed by atoms with E-state index in [1.807, 2.05) is 31.2 Å². The molecule has 22 heavy (non-hydrogen) atoms. The van der Waals surface area contributed by atoms with Crippen LogP contribution >= 0.6 is 0 Å². The molecule has 1 aliphatic rings. The summed E-state index contributed by atoms with van der Waals surface area (Å²) in [6.45, 7) is 2.98. The molecule has 0 bridgehead atoms. The fourth-order valence-electron chi connectivity index (χ4n) is 2.42. The summed E-state index contributed by atoms with van der Waals surface area (Å²) in [5.41, 5.74) is 0.993. The summed E-state index contributed by atoms with van der Waals surface area (Å²) in [6, 6.07) is 7.56. The lowest BCUT2D eigenvalue weighted by atomic mass is 10.1. The molecule has 1 unspecified atom stereocenters. The zero-order chi connectivity index (χ0) is 16.2. The first-order valence-electron chi connectivity index (χ1n) is 7.33. The number of amides is 1. The normalized spacial score (nSPS) is 18.7. The van der Waals surface area contributed by atoms with Crippen molar-refractivity contribution in [3.05, 3.63) is 29.8 Å². The molecule has 0 aromatic heterocycles. The van der Waals surface area contributed by atoms with Crippen molar-refractivity contribution < 1.29 is 21.8 Å². The van der Waals surface area contributed by atoms with E-state index in [4.69, 9.17) is 4.74 Å². The summed E-state index contributed by atoms with van der Waals surface area (Å²) in [7, 11) is -4.65. The maximum Gasteiger partial charge on any atom is 0.307 e. The second-order valence-corrected chi connectivity index (χ2v) is 7.01. The average molecular weight is 329 g/mol. The van der Waals surface area contributed by atoms with Gasteiger partial charge in [0.15, 0.2) is 0 Å². The minimum Gasteiger partial charge on any atom is -0.494 e. The van der Waals surface area contributed by atoms with Gasteiger partial charge in [0.05, 0.1) is 6.61 Å². The van der Waals surface area contributed by atoms with Crippen LogP contribution in [0.3, 0.4) is 0 Å². The predicted octanol–water partition coefficient (Wildman–Crippen LogP) is 1.92. The van der Waals surface area contributed by atoms with Gasteiger partial charge in [-0.2, -0.15) is 8.42 Å². The largest absolute Gasteiger partial charge is 0.494 e. The van der Waals surface area contributed by atoms with Crippen LogP contribution in [0.15, 0.2) is 24.3 Å². The first-order chi connectivity index (χ1) is 10.4. The number of halogens is 1. The highest BCUT2D eigenvalue weighted by atomic mass is 32.3. The van der Waals surface area contributed by atoms with Crippen molar-refractivity contribution in [2.45, 2.75) is 31.4 Å². The molecule has 1 saturated heterocycles. The minimum atomic E-state index is -4.65. The molecule has 1 heterocycles. The molecule has 0 saturated carbocycles. The summed E-state index contributed by atoms with van der Waals surface area (Å²) in [5, 5.41) is -1.22. The Hall–Kier alpha value is -1.63. The molecule has 2 rings (SSSR count). The van der Waals surface area contributed by atoms with E-state index >= 15 is 0 Å². The molecule has 7 heteroatoms. The highest BCUT2D eigenvalue weighted by Crippen LogP contribution is 2.20. The molecule has 1 aliphatic heterocycles. The van der Waals surface area contributed by atoms with Crippen LogP contribution < -0.4 is 4.74 Å². The third-order valence-electron chi connectivity index (χ3n) is 3.62. The first kappa shape index (κ1) is 16.7. The van der Waals surface area contributed by atoms with Crippen molar-refractivity contribution in [3.8, 4) is 5.75 Å². The standard InChI is InChI=1S/C15H20FNO4S/c1-2-8-21-13-5-3-4-12(9-13)6-7-17-11-14(10-15(17)18)22(16,19)20/h3-5,9,14H,2,6-8,10-11H2,1H3. The lowest BCUT2D eigenvalue weighted by Gasteiger charge is -2.16. The van der Waals surface area contributed by atoms with Crippen molar-refractivity contribution in [1.29, 1.82) is 0 Å². The molecule has 1 aromatic carbocycles. The van der Waals surface area contributed by atoms with E-state index in [1.54, 1.807) is 0 Å². The fraction of sp³-hybridized carbons (Fsp3) is 0.533. The number of rotatable bonds is 7. The van der Waals surface area contributed by atoms with E-state index in [-0.39, 0.29) is 18.9 Å². The van der Waals surface area contributed by atoms with Gasteiger partial charge in [-0.3, -0.25) is 4.79 Å². The zero-order valence-corrected chi connectivity index (χ0v) is 13.3. The fourth-order valence-corrected chi connectivity index (χ4v) is 3.12. The van der Waals surface area contributed by atoms with Crippen molar-refractivity contribution >= 4 is 16.1 Å². The summed E-state index contributed by atoms with van der Waals surface area (Å²) >= 11 is 0. The average Bonchev–Trinajstić information content (AvgIpc) is 2.85. The number of carbonyl (C=O) groups excluding carboxylic acids is 1. The number of hydrogen-bond acceptors (Lipinski definition) is 4. The van der Waals surface area contributed by atoms with Crippen LogP contribution in [0.25, 0.3) is 0 Å². The number of ether oxygens (including phenoxy) is 1. The van der Waals surface area contributed by atoms with Gasteiger partial charge in [-0.1, -0.05) is 19.1 Å². The van der Waals surface area contributed by atoms with E-state index in [2.05, 4.69) is 0 Å².